The Hall–Kier alpha value is -0.460. The van der Waals surface area contributed by atoms with E-state index >= 15 is 0 Å². The van der Waals surface area contributed by atoms with Crippen LogP contribution in [0.2, 0.25) is 0 Å². The zero-order valence-corrected chi connectivity index (χ0v) is 13.9. The molecule has 1 heteroatoms. The summed E-state index contributed by atoms with van der Waals surface area (Å²) in [5.41, 5.74) is 2.80. The van der Waals surface area contributed by atoms with Gasteiger partial charge >= 0.3 is 0 Å². The van der Waals surface area contributed by atoms with Crippen molar-refractivity contribution in [3.63, 3.8) is 0 Å². The highest BCUT2D eigenvalue weighted by atomic mass is 16.5. The molecule has 0 spiro atoms. The molecule has 0 bridgehead atoms. The van der Waals surface area contributed by atoms with Gasteiger partial charge in [0.2, 0.25) is 0 Å². The Labute approximate surface area is 129 Å². The Kier molecular flexibility index (Phi) is 2.41. The molecule has 5 aliphatic rings. The molecule has 0 amide bonds. The fourth-order valence-electron chi connectivity index (χ4n) is 7.62. The third-order valence-electron chi connectivity index (χ3n) is 9.03. The van der Waals surface area contributed by atoms with Gasteiger partial charge in [-0.05, 0) is 90.4 Å². The Morgan fingerprint density at radius 2 is 1.95 bits per heavy atom. The highest BCUT2D eigenvalue weighted by molar-refractivity contribution is 5.24. The van der Waals surface area contributed by atoms with Gasteiger partial charge in [0.1, 0.15) is 0 Å². The van der Waals surface area contributed by atoms with E-state index in [1.807, 2.05) is 0 Å². The van der Waals surface area contributed by atoms with Crippen LogP contribution in [0.4, 0.5) is 0 Å². The van der Waals surface area contributed by atoms with Crippen molar-refractivity contribution < 1.29 is 4.74 Å². The van der Waals surface area contributed by atoms with Crippen molar-refractivity contribution in [3.8, 4) is 0 Å². The monoisotopic (exact) mass is 286 g/mol. The first-order chi connectivity index (χ1) is 10.1. The van der Waals surface area contributed by atoms with Crippen LogP contribution in [0.15, 0.2) is 11.8 Å². The molecule has 0 saturated heterocycles. The topological polar surface area (TPSA) is 9.23 Å². The predicted molar refractivity (Wildman–Crippen MR) is 84.6 cm³/mol. The first-order valence-corrected chi connectivity index (χ1v) is 9.37. The Balaban J connectivity index is 1.54. The van der Waals surface area contributed by atoms with Gasteiger partial charge in [0.25, 0.3) is 0 Å². The van der Waals surface area contributed by atoms with Gasteiger partial charge in [-0.2, -0.15) is 0 Å². The first-order valence-electron chi connectivity index (χ1n) is 9.37. The normalized spacial score (nSPS) is 60.8. The smallest absolute Gasteiger partial charge is 0.0881 e. The second-order valence-electron chi connectivity index (χ2n) is 9.41. The van der Waals surface area contributed by atoms with Crippen molar-refractivity contribution in [2.45, 2.75) is 59.3 Å². The fraction of sp³-hybridized carbons (Fsp3) is 0.900. The van der Waals surface area contributed by atoms with Crippen LogP contribution in [0, 0.1) is 46.3 Å². The summed E-state index contributed by atoms with van der Waals surface area (Å²) in [5.74, 6) is 6.21. The van der Waals surface area contributed by atoms with Crippen LogP contribution in [0.5, 0.6) is 0 Å². The highest BCUT2D eigenvalue weighted by Gasteiger charge is 2.68. The lowest BCUT2D eigenvalue weighted by atomic mass is 9.47. The van der Waals surface area contributed by atoms with Gasteiger partial charge in [-0.3, -0.25) is 0 Å². The number of allylic oxidation sites excluding steroid dienone is 1. The molecule has 0 radical (unpaired) electrons. The first kappa shape index (κ1) is 13.0. The van der Waals surface area contributed by atoms with Crippen LogP contribution < -0.4 is 0 Å². The minimum atomic E-state index is 0.471. The molecular formula is C20H30O. The number of rotatable bonds is 0. The van der Waals surface area contributed by atoms with Crippen LogP contribution in [-0.2, 0) is 4.74 Å². The van der Waals surface area contributed by atoms with Gasteiger partial charge in [0.05, 0.1) is 12.9 Å². The van der Waals surface area contributed by atoms with Crippen molar-refractivity contribution in [2.75, 3.05) is 6.61 Å². The van der Waals surface area contributed by atoms with E-state index in [4.69, 9.17) is 4.74 Å². The number of ether oxygens (including phenoxy) is 1. The van der Waals surface area contributed by atoms with E-state index in [9.17, 15) is 0 Å². The third-order valence-corrected chi connectivity index (χ3v) is 9.03. The average molecular weight is 286 g/mol. The van der Waals surface area contributed by atoms with Crippen molar-refractivity contribution in [1.82, 2.24) is 0 Å². The standard InChI is InChI=1S/C20H30O/c1-12-15-10-16(15)18-14-5-4-13-11-21-9-8-20(13,3)17(14)6-7-19(12,18)2/h11-12,14-18H,4-10H2,1-3H3. The maximum atomic E-state index is 5.67. The molecular weight excluding hydrogens is 256 g/mol. The van der Waals surface area contributed by atoms with E-state index in [0.717, 1.165) is 42.1 Å². The maximum absolute atomic E-state index is 5.67. The molecule has 8 unspecified atom stereocenters. The molecule has 4 fully saturated rings. The Morgan fingerprint density at radius 3 is 2.81 bits per heavy atom. The summed E-state index contributed by atoms with van der Waals surface area (Å²) < 4.78 is 5.67. The van der Waals surface area contributed by atoms with Crippen molar-refractivity contribution in [3.05, 3.63) is 11.8 Å². The van der Waals surface area contributed by atoms with Crippen LogP contribution in [-0.4, -0.2) is 6.61 Å². The molecule has 0 aromatic heterocycles. The van der Waals surface area contributed by atoms with Gasteiger partial charge < -0.3 is 4.74 Å². The van der Waals surface area contributed by atoms with Crippen LogP contribution in [0.25, 0.3) is 0 Å². The lowest BCUT2D eigenvalue weighted by Crippen LogP contribution is -2.51. The van der Waals surface area contributed by atoms with E-state index < -0.39 is 0 Å². The summed E-state index contributed by atoms with van der Waals surface area (Å²) in [6, 6.07) is 0. The quantitative estimate of drug-likeness (QED) is 0.607. The minimum Gasteiger partial charge on any atom is -0.501 e. The van der Waals surface area contributed by atoms with Gasteiger partial charge in [0.15, 0.2) is 0 Å². The van der Waals surface area contributed by atoms with Crippen molar-refractivity contribution >= 4 is 0 Å². The SMILES string of the molecule is CC1C2CC2C2C3CCC4=COCCC4(C)C3CCC12C. The van der Waals surface area contributed by atoms with E-state index in [1.165, 1.54) is 32.1 Å². The molecule has 0 aromatic rings. The lowest BCUT2D eigenvalue weighted by molar-refractivity contribution is -0.0714. The molecule has 8 atom stereocenters. The van der Waals surface area contributed by atoms with Gasteiger partial charge in [-0.15, -0.1) is 0 Å². The van der Waals surface area contributed by atoms with Crippen LogP contribution in [0.1, 0.15) is 59.3 Å². The van der Waals surface area contributed by atoms with E-state index in [-0.39, 0.29) is 0 Å². The number of hydrogen-bond acceptors (Lipinski definition) is 1. The molecule has 0 aromatic carbocycles. The molecule has 4 saturated carbocycles. The third kappa shape index (κ3) is 1.44. The van der Waals surface area contributed by atoms with Crippen LogP contribution >= 0.6 is 0 Å². The zero-order valence-electron chi connectivity index (χ0n) is 13.9. The van der Waals surface area contributed by atoms with Gasteiger partial charge in [-0.25, -0.2) is 0 Å². The summed E-state index contributed by atoms with van der Waals surface area (Å²) in [6.07, 6.45) is 10.7. The Bertz CT molecular complexity index is 508. The lowest BCUT2D eigenvalue weighted by Gasteiger charge is -2.58. The molecule has 4 aliphatic carbocycles. The summed E-state index contributed by atoms with van der Waals surface area (Å²) >= 11 is 0. The zero-order chi connectivity index (χ0) is 14.4. The highest BCUT2D eigenvalue weighted by Crippen LogP contribution is 2.75. The molecule has 1 aliphatic heterocycles. The second kappa shape index (κ2) is 3.89. The molecule has 1 heterocycles. The molecule has 0 N–H and O–H groups in total. The molecule has 1 nitrogen and oxygen atoms in total. The summed E-state index contributed by atoms with van der Waals surface area (Å²) in [4.78, 5) is 0. The Morgan fingerprint density at radius 1 is 1.10 bits per heavy atom. The maximum Gasteiger partial charge on any atom is 0.0881 e. The van der Waals surface area contributed by atoms with Crippen molar-refractivity contribution in [1.29, 1.82) is 0 Å². The average Bonchev–Trinajstić information content (AvgIpc) is 3.21. The summed E-state index contributed by atoms with van der Waals surface area (Å²) in [6.45, 7) is 8.76. The summed E-state index contributed by atoms with van der Waals surface area (Å²) in [5, 5.41) is 0. The fourth-order valence-corrected chi connectivity index (χ4v) is 7.62. The summed E-state index contributed by atoms with van der Waals surface area (Å²) in [7, 11) is 0. The van der Waals surface area contributed by atoms with E-state index in [0.29, 0.717) is 10.8 Å². The number of fused-ring (bicyclic) bond motifs is 7. The minimum absolute atomic E-state index is 0.471. The van der Waals surface area contributed by atoms with E-state index in [2.05, 4.69) is 27.0 Å². The molecule has 5 rings (SSSR count). The second-order valence-corrected chi connectivity index (χ2v) is 9.41. The van der Waals surface area contributed by atoms with E-state index in [1.54, 1.807) is 12.0 Å². The largest absolute Gasteiger partial charge is 0.501 e. The van der Waals surface area contributed by atoms with Gasteiger partial charge in [0, 0.05) is 0 Å². The molecule has 21 heavy (non-hydrogen) atoms. The van der Waals surface area contributed by atoms with Crippen LogP contribution in [0.3, 0.4) is 0 Å². The predicted octanol–water partition coefficient (Wildman–Crippen LogP) is 5.03. The number of hydrogen-bond donors (Lipinski definition) is 0. The van der Waals surface area contributed by atoms with Gasteiger partial charge in [-0.1, -0.05) is 20.8 Å². The molecule has 116 valence electrons. The van der Waals surface area contributed by atoms with Crippen molar-refractivity contribution in [2.24, 2.45) is 46.3 Å².